The second-order valence-corrected chi connectivity index (χ2v) is 7.04. The number of pyridine rings is 1. The lowest BCUT2D eigenvalue weighted by Gasteiger charge is -2.34. The summed E-state index contributed by atoms with van der Waals surface area (Å²) in [6, 6.07) is 13.0. The molecule has 0 saturated carbocycles. The minimum absolute atomic E-state index is 0.0759. The van der Waals surface area contributed by atoms with E-state index in [4.69, 9.17) is 4.74 Å². The molecule has 1 aromatic heterocycles. The summed E-state index contributed by atoms with van der Waals surface area (Å²) in [7, 11) is 0. The molecule has 1 fully saturated rings. The van der Waals surface area contributed by atoms with Crippen molar-refractivity contribution < 1.29 is 9.53 Å². The average molecular weight is 372 g/mol. The van der Waals surface area contributed by atoms with Gasteiger partial charge in [-0.25, -0.2) is 9.78 Å². The van der Waals surface area contributed by atoms with Gasteiger partial charge in [-0.2, -0.15) is 11.8 Å². The van der Waals surface area contributed by atoms with E-state index in [1.165, 1.54) is 0 Å². The number of nitrogens with one attached hydrogen (secondary N) is 1. The first-order valence-corrected chi connectivity index (χ1v) is 10.1. The molecule has 1 aliphatic rings. The van der Waals surface area contributed by atoms with E-state index < -0.39 is 0 Å². The Morgan fingerprint density at radius 1 is 1.15 bits per heavy atom. The lowest BCUT2D eigenvalue weighted by molar-refractivity contribution is 0.152. The molecule has 2 aromatic rings. The van der Waals surface area contributed by atoms with Crippen LogP contribution in [0.2, 0.25) is 0 Å². The molecule has 2 heterocycles. The summed E-state index contributed by atoms with van der Waals surface area (Å²) in [5, 5.41) is 2.91. The number of ether oxygens (including phenoxy) is 1. The number of thioether (sulfide) groups is 1. The van der Waals surface area contributed by atoms with Gasteiger partial charge in [0.05, 0.1) is 11.9 Å². The Bertz CT molecular complexity index is 688. The van der Waals surface area contributed by atoms with Gasteiger partial charge in [-0.3, -0.25) is 4.90 Å². The molecule has 0 radical (unpaired) electrons. The standard InChI is InChI=1S/C19H24N4O2S/c1-26-14-13-22-9-11-23(12-10-22)19(24)21-16-7-8-18(20-15-16)25-17-5-3-2-4-6-17/h2-8,15H,9-14H2,1H3,(H,21,24). The minimum Gasteiger partial charge on any atom is -0.439 e. The van der Waals surface area contributed by atoms with Gasteiger partial charge in [-0.1, -0.05) is 18.2 Å². The van der Waals surface area contributed by atoms with E-state index >= 15 is 0 Å². The summed E-state index contributed by atoms with van der Waals surface area (Å²) in [6.07, 6.45) is 3.73. The van der Waals surface area contributed by atoms with Crippen molar-refractivity contribution in [3.8, 4) is 11.6 Å². The first kappa shape index (κ1) is 18.5. The topological polar surface area (TPSA) is 57.7 Å². The van der Waals surface area contributed by atoms with Gasteiger partial charge in [-0.05, 0) is 24.5 Å². The molecular weight excluding hydrogens is 348 g/mol. The highest BCUT2D eigenvalue weighted by Gasteiger charge is 2.20. The third-order valence-corrected chi connectivity index (χ3v) is 4.82. The van der Waals surface area contributed by atoms with E-state index in [9.17, 15) is 4.79 Å². The smallest absolute Gasteiger partial charge is 0.321 e. The van der Waals surface area contributed by atoms with Gasteiger partial charge in [0.1, 0.15) is 5.75 Å². The van der Waals surface area contributed by atoms with Crippen molar-refractivity contribution >= 4 is 23.5 Å². The number of hydrogen-bond donors (Lipinski definition) is 1. The highest BCUT2D eigenvalue weighted by molar-refractivity contribution is 7.98. The third kappa shape index (κ3) is 5.37. The molecule has 0 atom stereocenters. The van der Waals surface area contributed by atoms with E-state index in [1.54, 1.807) is 18.3 Å². The number of nitrogens with zero attached hydrogens (tertiary/aromatic N) is 3. The van der Waals surface area contributed by atoms with Crippen LogP contribution in [-0.2, 0) is 0 Å². The number of amides is 2. The predicted octanol–water partition coefficient (Wildman–Crippen LogP) is 3.39. The number of carbonyl (C=O) groups is 1. The lowest BCUT2D eigenvalue weighted by atomic mass is 10.3. The molecule has 1 N–H and O–H groups in total. The van der Waals surface area contributed by atoms with Crippen LogP contribution in [0, 0.1) is 0 Å². The summed E-state index contributed by atoms with van der Waals surface area (Å²) in [6.45, 7) is 4.45. The van der Waals surface area contributed by atoms with Crippen molar-refractivity contribution in [1.29, 1.82) is 0 Å². The largest absolute Gasteiger partial charge is 0.439 e. The quantitative estimate of drug-likeness (QED) is 0.842. The van der Waals surface area contributed by atoms with E-state index in [0.717, 1.165) is 44.2 Å². The first-order valence-electron chi connectivity index (χ1n) is 8.71. The maximum absolute atomic E-state index is 12.4. The van der Waals surface area contributed by atoms with Gasteiger partial charge in [0.15, 0.2) is 0 Å². The van der Waals surface area contributed by atoms with E-state index in [-0.39, 0.29) is 6.03 Å². The number of para-hydroxylation sites is 1. The molecule has 0 unspecified atom stereocenters. The van der Waals surface area contributed by atoms with Crippen LogP contribution in [0.3, 0.4) is 0 Å². The van der Waals surface area contributed by atoms with E-state index in [1.807, 2.05) is 47.0 Å². The number of anilines is 1. The molecule has 0 bridgehead atoms. The monoisotopic (exact) mass is 372 g/mol. The Labute approximate surface area is 158 Å². The van der Waals surface area contributed by atoms with Gasteiger partial charge in [0.25, 0.3) is 0 Å². The van der Waals surface area contributed by atoms with Crippen LogP contribution in [0.5, 0.6) is 11.6 Å². The van der Waals surface area contributed by atoms with Crippen LogP contribution < -0.4 is 10.1 Å². The Morgan fingerprint density at radius 3 is 2.58 bits per heavy atom. The average Bonchev–Trinajstić information content (AvgIpc) is 2.69. The fraction of sp³-hybridized carbons (Fsp3) is 0.368. The molecule has 1 saturated heterocycles. The molecule has 0 spiro atoms. The Kier molecular flexibility index (Phi) is 6.74. The maximum atomic E-state index is 12.4. The lowest BCUT2D eigenvalue weighted by Crippen LogP contribution is -2.50. The second-order valence-electron chi connectivity index (χ2n) is 6.05. The molecule has 6 nitrogen and oxygen atoms in total. The van der Waals surface area contributed by atoms with Crippen molar-refractivity contribution in [3.63, 3.8) is 0 Å². The summed E-state index contributed by atoms with van der Waals surface area (Å²) in [5.74, 6) is 2.36. The maximum Gasteiger partial charge on any atom is 0.321 e. The summed E-state index contributed by atoms with van der Waals surface area (Å²) in [5.41, 5.74) is 0.667. The number of carbonyl (C=O) groups excluding carboxylic acids is 1. The van der Waals surface area contributed by atoms with Gasteiger partial charge >= 0.3 is 6.03 Å². The molecule has 7 heteroatoms. The molecule has 3 rings (SSSR count). The van der Waals surface area contributed by atoms with Crippen LogP contribution in [0.1, 0.15) is 0 Å². The van der Waals surface area contributed by atoms with Crippen molar-refractivity contribution in [2.24, 2.45) is 0 Å². The van der Waals surface area contributed by atoms with Crippen LogP contribution in [0.4, 0.5) is 10.5 Å². The fourth-order valence-corrected chi connectivity index (χ4v) is 3.16. The van der Waals surface area contributed by atoms with Gasteiger partial charge in [-0.15, -0.1) is 0 Å². The predicted molar refractivity (Wildman–Crippen MR) is 106 cm³/mol. The van der Waals surface area contributed by atoms with Crippen LogP contribution in [0.15, 0.2) is 48.7 Å². The van der Waals surface area contributed by atoms with E-state index in [2.05, 4.69) is 21.5 Å². The van der Waals surface area contributed by atoms with Crippen LogP contribution in [0.25, 0.3) is 0 Å². The summed E-state index contributed by atoms with van der Waals surface area (Å²) in [4.78, 5) is 20.9. The zero-order valence-corrected chi connectivity index (χ0v) is 15.7. The van der Waals surface area contributed by atoms with Crippen molar-refractivity contribution in [3.05, 3.63) is 48.7 Å². The number of aromatic nitrogens is 1. The first-order chi connectivity index (χ1) is 12.7. The highest BCUT2D eigenvalue weighted by atomic mass is 32.2. The number of benzene rings is 1. The second kappa shape index (κ2) is 9.45. The van der Waals surface area contributed by atoms with Crippen molar-refractivity contribution in [1.82, 2.24) is 14.8 Å². The molecule has 138 valence electrons. The Balaban J connectivity index is 1.47. The molecule has 0 aliphatic carbocycles. The number of hydrogen-bond acceptors (Lipinski definition) is 5. The Hall–Kier alpha value is -2.25. The van der Waals surface area contributed by atoms with E-state index in [0.29, 0.717) is 11.6 Å². The molecule has 2 amide bonds. The van der Waals surface area contributed by atoms with Crippen LogP contribution >= 0.6 is 11.8 Å². The highest BCUT2D eigenvalue weighted by Crippen LogP contribution is 2.20. The van der Waals surface area contributed by atoms with Gasteiger partial charge in [0, 0.05) is 44.5 Å². The molecule has 1 aliphatic heterocycles. The van der Waals surface area contributed by atoms with Gasteiger partial charge < -0.3 is 15.0 Å². The Morgan fingerprint density at radius 2 is 1.92 bits per heavy atom. The number of rotatable bonds is 6. The zero-order valence-electron chi connectivity index (χ0n) is 14.9. The molecule has 1 aromatic carbocycles. The summed E-state index contributed by atoms with van der Waals surface area (Å²) < 4.78 is 5.66. The normalized spacial score (nSPS) is 14.9. The number of piperazine rings is 1. The summed E-state index contributed by atoms with van der Waals surface area (Å²) >= 11 is 1.85. The molecular formula is C19H24N4O2S. The fourth-order valence-electron chi connectivity index (χ4n) is 2.72. The number of urea groups is 1. The minimum atomic E-state index is -0.0759. The van der Waals surface area contributed by atoms with Gasteiger partial charge in [0.2, 0.25) is 5.88 Å². The van der Waals surface area contributed by atoms with Crippen molar-refractivity contribution in [2.75, 3.05) is 50.0 Å². The van der Waals surface area contributed by atoms with Crippen LogP contribution in [-0.4, -0.2) is 65.5 Å². The van der Waals surface area contributed by atoms with Crippen molar-refractivity contribution in [2.45, 2.75) is 0 Å². The zero-order chi connectivity index (χ0) is 18.2. The molecule has 26 heavy (non-hydrogen) atoms. The SMILES string of the molecule is CSCCN1CCN(C(=O)Nc2ccc(Oc3ccccc3)nc2)CC1. The third-order valence-electron chi connectivity index (χ3n) is 4.22.